The van der Waals surface area contributed by atoms with Gasteiger partial charge in [-0.3, -0.25) is 19.2 Å². The average molecular weight is 484 g/mol. The van der Waals surface area contributed by atoms with Crippen LogP contribution in [0, 0.1) is 5.92 Å². The van der Waals surface area contributed by atoms with Gasteiger partial charge in [0.15, 0.2) is 12.2 Å². The maximum atomic E-state index is 12.8. The van der Waals surface area contributed by atoms with Gasteiger partial charge in [0.25, 0.3) is 11.8 Å². The molecule has 0 aromatic heterocycles. The molecule has 0 saturated carbocycles. The van der Waals surface area contributed by atoms with Crippen LogP contribution in [-0.4, -0.2) is 47.6 Å². The van der Waals surface area contributed by atoms with Gasteiger partial charge >= 0.3 is 0 Å². The minimum absolute atomic E-state index is 0.160. The maximum absolute atomic E-state index is 12.8. The topological polar surface area (TPSA) is 129 Å². The molecule has 0 spiro atoms. The lowest BCUT2D eigenvalue weighted by molar-refractivity contribution is -0.136. The van der Waals surface area contributed by atoms with Crippen molar-refractivity contribution in [2.24, 2.45) is 5.92 Å². The maximum Gasteiger partial charge on any atom is 0.275 e. The summed E-state index contributed by atoms with van der Waals surface area (Å²) in [4.78, 5) is 42.9. The molecule has 2 aromatic rings. The molecule has 35 heavy (non-hydrogen) atoms. The van der Waals surface area contributed by atoms with E-state index in [1.54, 1.807) is 24.3 Å². The van der Waals surface area contributed by atoms with Crippen LogP contribution in [0.25, 0.3) is 0 Å². The zero-order valence-electron chi connectivity index (χ0n) is 20.0. The highest BCUT2D eigenvalue weighted by atomic mass is 16.7. The minimum atomic E-state index is -0.977. The first-order valence-corrected chi connectivity index (χ1v) is 11.8. The monoisotopic (exact) mass is 483 g/mol. The molecular weight excluding hydrogens is 450 g/mol. The first kappa shape index (κ1) is 26.2. The molecule has 9 heteroatoms. The number of hydrogen-bond acceptors (Lipinski definition) is 6. The predicted octanol–water partition coefficient (Wildman–Crippen LogP) is 1.99. The van der Waals surface area contributed by atoms with Crippen molar-refractivity contribution in [3.05, 3.63) is 65.7 Å². The molecule has 0 unspecified atom stereocenters. The van der Waals surface area contributed by atoms with Gasteiger partial charge in [0, 0.05) is 6.54 Å². The van der Waals surface area contributed by atoms with E-state index in [9.17, 15) is 19.5 Å². The molecule has 3 atom stereocenters. The molecule has 1 aliphatic rings. The second-order valence-electron chi connectivity index (χ2n) is 8.96. The number of benzene rings is 2. The number of amides is 3. The fourth-order valence-corrected chi connectivity index (χ4v) is 3.44. The predicted molar refractivity (Wildman–Crippen MR) is 129 cm³/mol. The summed E-state index contributed by atoms with van der Waals surface area (Å²) in [7, 11) is 0. The minimum Gasteiger partial charge on any atom is -0.508 e. The van der Waals surface area contributed by atoms with E-state index in [0.717, 1.165) is 17.5 Å². The Morgan fingerprint density at radius 1 is 0.943 bits per heavy atom. The number of aryl methyl sites for hydroxylation is 1. The van der Waals surface area contributed by atoms with E-state index >= 15 is 0 Å². The number of epoxide rings is 1. The van der Waals surface area contributed by atoms with Crippen LogP contribution in [-0.2, 0) is 37.0 Å². The third-order valence-corrected chi connectivity index (χ3v) is 5.57. The largest absolute Gasteiger partial charge is 0.508 e. The van der Waals surface area contributed by atoms with E-state index in [0.29, 0.717) is 25.3 Å². The third-order valence-electron chi connectivity index (χ3n) is 5.57. The van der Waals surface area contributed by atoms with Crippen LogP contribution in [0.2, 0.25) is 0 Å². The van der Waals surface area contributed by atoms with Gasteiger partial charge in [0.2, 0.25) is 5.91 Å². The molecule has 1 fully saturated rings. The molecule has 3 amide bonds. The number of hydrogen-bond donors (Lipinski definition) is 4. The molecule has 0 radical (unpaired) electrons. The van der Waals surface area contributed by atoms with Gasteiger partial charge in [-0.15, -0.1) is 0 Å². The highest BCUT2D eigenvalue weighted by Crippen LogP contribution is 2.23. The van der Waals surface area contributed by atoms with Gasteiger partial charge < -0.3 is 20.5 Å². The number of phenols is 1. The van der Waals surface area contributed by atoms with E-state index in [2.05, 4.69) is 30.0 Å². The number of phenolic OH excluding ortho intramolecular Hbond substituents is 1. The lowest BCUT2D eigenvalue weighted by atomic mass is 10.0. The summed E-state index contributed by atoms with van der Waals surface area (Å²) in [6, 6.07) is 15.2. The lowest BCUT2D eigenvalue weighted by Gasteiger charge is -2.18. The van der Waals surface area contributed by atoms with E-state index in [-0.39, 0.29) is 18.3 Å². The van der Waals surface area contributed by atoms with Gasteiger partial charge in [-0.1, -0.05) is 56.3 Å². The van der Waals surface area contributed by atoms with Crippen molar-refractivity contribution in [2.45, 2.75) is 58.0 Å². The van der Waals surface area contributed by atoms with Crippen molar-refractivity contribution in [1.82, 2.24) is 16.1 Å². The van der Waals surface area contributed by atoms with Crippen LogP contribution in [0.4, 0.5) is 0 Å². The third kappa shape index (κ3) is 8.70. The molecule has 9 nitrogen and oxygen atoms in total. The normalized spacial score (nSPS) is 17.5. The summed E-state index contributed by atoms with van der Waals surface area (Å²) in [5.74, 6) is -0.770. The van der Waals surface area contributed by atoms with Crippen molar-refractivity contribution >= 4 is 17.7 Å². The Bertz CT molecular complexity index is 980. The second-order valence-corrected chi connectivity index (χ2v) is 8.96. The fourth-order valence-electron chi connectivity index (χ4n) is 3.44. The van der Waals surface area contributed by atoms with Crippen LogP contribution < -0.4 is 16.1 Å². The zero-order valence-corrected chi connectivity index (χ0v) is 20.0. The number of carbonyl (C=O) groups excluding carboxylic acids is 3. The zero-order chi connectivity index (χ0) is 25.2. The molecule has 0 bridgehead atoms. The van der Waals surface area contributed by atoms with Crippen LogP contribution in [0.5, 0.6) is 5.75 Å². The molecule has 188 valence electrons. The average Bonchev–Trinajstić information content (AvgIpc) is 3.64. The Kier molecular flexibility index (Phi) is 9.63. The summed E-state index contributed by atoms with van der Waals surface area (Å²) in [6.07, 6.45) is -0.247. The highest BCUT2D eigenvalue weighted by Gasteiger charge is 2.51. The number of hydroxylamine groups is 1. The number of carbonyl (C=O) groups is 3. The van der Waals surface area contributed by atoms with Gasteiger partial charge in [-0.25, -0.2) is 5.48 Å². The molecule has 1 aliphatic heterocycles. The van der Waals surface area contributed by atoms with E-state index in [1.807, 2.05) is 30.3 Å². The molecule has 2 aromatic carbocycles. The smallest absolute Gasteiger partial charge is 0.275 e. The standard InChI is InChI=1S/C26H33N3O6/c1-17(2)14-15-27-24(31)21(13-10-18-8-11-20(30)12-9-18)28-25(32)22-23(35-22)26(33)29-34-16-19-6-4-3-5-7-19/h3-9,11-12,17,21-23,30H,10,13-16H2,1-2H3,(H,27,31)(H,28,32)(H,29,33)/t21-,22+,23+/m1/s1. The Balaban J connectivity index is 1.49. The van der Waals surface area contributed by atoms with Gasteiger partial charge in [-0.05, 0) is 48.4 Å². The number of nitrogens with one attached hydrogen (secondary N) is 3. The van der Waals surface area contributed by atoms with E-state index in [4.69, 9.17) is 9.57 Å². The Hall–Kier alpha value is -3.43. The molecule has 4 N–H and O–H groups in total. The van der Waals surface area contributed by atoms with Crippen molar-refractivity contribution < 1.29 is 29.1 Å². The number of aromatic hydroxyl groups is 1. The van der Waals surface area contributed by atoms with Crippen LogP contribution in [0.15, 0.2) is 54.6 Å². The highest BCUT2D eigenvalue weighted by molar-refractivity contribution is 5.96. The van der Waals surface area contributed by atoms with Crippen molar-refractivity contribution in [1.29, 1.82) is 0 Å². The second kappa shape index (κ2) is 12.9. The fraction of sp³-hybridized carbons (Fsp3) is 0.423. The van der Waals surface area contributed by atoms with Crippen LogP contribution in [0.3, 0.4) is 0 Å². The summed E-state index contributed by atoms with van der Waals surface area (Å²) < 4.78 is 5.25. The van der Waals surface area contributed by atoms with Crippen molar-refractivity contribution in [3.8, 4) is 5.75 Å². The lowest BCUT2D eigenvalue weighted by Crippen LogP contribution is -2.49. The Morgan fingerprint density at radius 2 is 1.63 bits per heavy atom. The molecule has 1 saturated heterocycles. The quantitative estimate of drug-likeness (QED) is 0.255. The summed E-state index contributed by atoms with van der Waals surface area (Å²) in [5, 5.41) is 15.0. The first-order valence-electron chi connectivity index (χ1n) is 11.8. The Labute approximate surface area is 205 Å². The number of rotatable bonds is 13. The first-order chi connectivity index (χ1) is 16.8. The molecule has 0 aliphatic carbocycles. The summed E-state index contributed by atoms with van der Waals surface area (Å²) in [6.45, 7) is 4.82. The SMILES string of the molecule is CC(C)CCNC(=O)[C@@H](CCc1ccc(O)cc1)NC(=O)[C@H]1O[C@@H]1C(=O)NOCc1ccccc1. The van der Waals surface area contributed by atoms with Crippen LogP contribution >= 0.6 is 0 Å². The van der Waals surface area contributed by atoms with E-state index < -0.39 is 30.1 Å². The van der Waals surface area contributed by atoms with Gasteiger partial charge in [0.05, 0.1) is 6.61 Å². The molecule has 3 rings (SSSR count). The molecular formula is C26H33N3O6. The van der Waals surface area contributed by atoms with Gasteiger partial charge in [0.1, 0.15) is 11.8 Å². The molecule has 1 heterocycles. The van der Waals surface area contributed by atoms with Crippen LogP contribution in [0.1, 0.15) is 37.8 Å². The Morgan fingerprint density at radius 3 is 2.31 bits per heavy atom. The summed E-state index contributed by atoms with van der Waals surface area (Å²) in [5.41, 5.74) is 4.11. The number of ether oxygens (including phenoxy) is 1. The van der Waals surface area contributed by atoms with Gasteiger partial charge in [-0.2, -0.15) is 0 Å². The van der Waals surface area contributed by atoms with E-state index in [1.165, 1.54) is 0 Å². The summed E-state index contributed by atoms with van der Waals surface area (Å²) >= 11 is 0. The van der Waals surface area contributed by atoms with Crippen molar-refractivity contribution in [3.63, 3.8) is 0 Å². The van der Waals surface area contributed by atoms with Crippen molar-refractivity contribution in [2.75, 3.05) is 6.54 Å².